The summed E-state index contributed by atoms with van der Waals surface area (Å²) in [4.78, 5) is 12.1. The van der Waals surface area contributed by atoms with Gasteiger partial charge in [0.2, 0.25) is 5.91 Å². The number of para-hydroxylation sites is 1. The van der Waals surface area contributed by atoms with E-state index in [-0.39, 0.29) is 11.7 Å². The highest BCUT2D eigenvalue weighted by Gasteiger charge is 2.16. The fraction of sp³-hybridized carbons (Fsp3) is 0.176. The minimum atomic E-state index is -0.211. The van der Waals surface area contributed by atoms with Crippen molar-refractivity contribution < 1.29 is 9.21 Å². The van der Waals surface area contributed by atoms with Crippen LogP contribution in [0.4, 0.5) is 5.69 Å². The molecular formula is C17H15N5O2S. The van der Waals surface area contributed by atoms with Crippen LogP contribution < -0.4 is 5.32 Å². The first kappa shape index (κ1) is 16.8. The van der Waals surface area contributed by atoms with Crippen molar-refractivity contribution in [2.75, 3.05) is 11.1 Å². The Morgan fingerprint density at radius 3 is 2.88 bits per heavy atom. The van der Waals surface area contributed by atoms with E-state index >= 15 is 0 Å². The van der Waals surface area contributed by atoms with Crippen LogP contribution in [0.15, 0.2) is 46.2 Å². The van der Waals surface area contributed by atoms with Gasteiger partial charge in [0, 0.05) is 7.05 Å². The largest absolute Gasteiger partial charge is 0.469 e. The first-order chi connectivity index (χ1) is 12.1. The molecular weight excluding hydrogens is 338 g/mol. The van der Waals surface area contributed by atoms with Crippen molar-refractivity contribution in [3.8, 4) is 17.5 Å². The number of rotatable bonds is 5. The summed E-state index contributed by atoms with van der Waals surface area (Å²) < 4.78 is 7.11. The highest BCUT2D eigenvalue weighted by molar-refractivity contribution is 7.99. The van der Waals surface area contributed by atoms with Crippen LogP contribution in [0.2, 0.25) is 0 Å². The fourth-order valence-corrected chi connectivity index (χ4v) is 3.01. The van der Waals surface area contributed by atoms with Gasteiger partial charge in [0.25, 0.3) is 0 Å². The molecule has 0 saturated carbocycles. The van der Waals surface area contributed by atoms with Gasteiger partial charge < -0.3 is 14.3 Å². The topological polar surface area (TPSA) is 96.7 Å². The molecule has 2 heterocycles. The maximum atomic E-state index is 12.1. The van der Waals surface area contributed by atoms with Gasteiger partial charge in [-0.3, -0.25) is 4.79 Å². The number of furan rings is 1. The van der Waals surface area contributed by atoms with E-state index in [1.807, 2.05) is 24.6 Å². The van der Waals surface area contributed by atoms with E-state index in [1.165, 1.54) is 11.8 Å². The molecule has 1 N–H and O–H groups in total. The number of benzene rings is 1. The summed E-state index contributed by atoms with van der Waals surface area (Å²) in [7, 11) is 1.84. The van der Waals surface area contributed by atoms with Crippen LogP contribution in [0.3, 0.4) is 0 Å². The summed E-state index contributed by atoms with van der Waals surface area (Å²) in [5.41, 5.74) is 1.80. The normalized spacial score (nSPS) is 10.4. The smallest absolute Gasteiger partial charge is 0.234 e. The van der Waals surface area contributed by atoms with Gasteiger partial charge in [0.1, 0.15) is 11.8 Å². The zero-order chi connectivity index (χ0) is 17.8. The van der Waals surface area contributed by atoms with Gasteiger partial charge in [-0.15, -0.1) is 10.2 Å². The second-order valence-electron chi connectivity index (χ2n) is 5.25. The van der Waals surface area contributed by atoms with Crippen LogP contribution in [0.25, 0.3) is 11.4 Å². The highest BCUT2D eigenvalue weighted by Crippen LogP contribution is 2.26. The summed E-state index contributed by atoms with van der Waals surface area (Å²) >= 11 is 1.28. The Balaban J connectivity index is 1.66. The third-order valence-corrected chi connectivity index (χ3v) is 4.61. The monoisotopic (exact) mass is 353 g/mol. The summed E-state index contributed by atoms with van der Waals surface area (Å²) in [6.45, 7) is 1.86. The Kier molecular flexibility index (Phi) is 4.86. The molecule has 0 unspecified atom stereocenters. The van der Waals surface area contributed by atoms with Crippen molar-refractivity contribution in [3.63, 3.8) is 0 Å². The van der Waals surface area contributed by atoms with Gasteiger partial charge in [-0.25, -0.2) is 0 Å². The molecule has 1 aromatic carbocycles. The Labute approximate surface area is 148 Å². The van der Waals surface area contributed by atoms with Crippen LogP contribution in [-0.4, -0.2) is 26.4 Å². The molecule has 2 aromatic heterocycles. The lowest BCUT2D eigenvalue weighted by Crippen LogP contribution is -2.15. The number of hydrogen-bond donors (Lipinski definition) is 1. The van der Waals surface area contributed by atoms with Crippen LogP contribution >= 0.6 is 11.8 Å². The molecule has 0 saturated heterocycles. The first-order valence-electron chi connectivity index (χ1n) is 7.45. The van der Waals surface area contributed by atoms with Crippen molar-refractivity contribution in [1.29, 1.82) is 5.26 Å². The summed E-state index contributed by atoms with van der Waals surface area (Å²) in [6, 6.07) is 10.8. The Hall–Kier alpha value is -3.05. The maximum absolute atomic E-state index is 12.1. The van der Waals surface area contributed by atoms with Crippen LogP contribution in [0.1, 0.15) is 11.3 Å². The molecule has 0 aliphatic rings. The number of nitrogens with one attached hydrogen (secondary N) is 1. The van der Waals surface area contributed by atoms with Crippen LogP contribution in [0.5, 0.6) is 0 Å². The molecule has 0 fully saturated rings. The van der Waals surface area contributed by atoms with E-state index in [9.17, 15) is 4.79 Å². The number of hydrogen-bond acceptors (Lipinski definition) is 6. The van der Waals surface area contributed by atoms with E-state index in [2.05, 4.69) is 21.6 Å². The van der Waals surface area contributed by atoms with E-state index < -0.39 is 0 Å². The lowest BCUT2D eigenvalue weighted by Gasteiger charge is -2.06. The lowest BCUT2D eigenvalue weighted by molar-refractivity contribution is -0.113. The van der Waals surface area contributed by atoms with Crippen molar-refractivity contribution in [2.45, 2.75) is 12.1 Å². The molecule has 7 nitrogen and oxygen atoms in total. The molecule has 0 aliphatic heterocycles. The zero-order valence-corrected chi connectivity index (χ0v) is 14.5. The number of aryl methyl sites for hydroxylation is 1. The quantitative estimate of drug-likeness (QED) is 0.708. The lowest BCUT2D eigenvalue weighted by atomic mass is 10.2. The summed E-state index contributed by atoms with van der Waals surface area (Å²) in [6.07, 6.45) is 1.60. The van der Waals surface area contributed by atoms with Crippen molar-refractivity contribution in [2.24, 2.45) is 7.05 Å². The third kappa shape index (κ3) is 3.56. The Morgan fingerprint density at radius 1 is 1.36 bits per heavy atom. The first-order valence-corrected chi connectivity index (χ1v) is 8.44. The number of amides is 1. The van der Waals surface area contributed by atoms with Crippen molar-refractivity contribution in [1.82, 2.24) is 14.8 Å². The SMILES string of the molecule is Cc1occc1-c1nnc(SCC(=O)Nc2ccccc2C#N)n1C. The second-order valence-corrected chi connectivity index (χ2v) is 6.19. The molecule has 1 amide bonds. The van der Waals surface area contributed by atoms with Gasteiger partial charge in [0.05, 0.1) is 28.8 Å². The van der Waals surface area contributed by atoms with Gasteiger partial charge in [-0.2, -0.15) is 5.26 Å². The van der Waals surface area contributed by atoms with Gasteiger partial charge in [-0.05, 0) is 25.1 Å². The third-order valence-electron chi connectivity index (χ3n) is 3.59. The summed E-state index contributed by atoms with van der Waals surface area (Å²) in [5.74, 6) is 1.40. The Bertz CT molecular complexity index is 954. The number of aromatic nitrogens is 3. The molecule has 0 spiro atoms. The highest BCUT2D eigenvalue weighted by atomic mass is 32.2. The average molecular weight is 353 g/mol. The van der Waals surface area contributed by atoms with Gasteiger partial charge in [-0.1, -0.05) is 23.9 Å². The van der Waals surface area contributed by atoms with Gasteiger partial charge >= 0.3 is 0 Å². The number of anilines is 1. The minimum absolute atomic E-state index is 0.163. The number of nitriles is 1. The van der Waals surface area contributed by atoms with E-state index in [0.29, 0.717) is 22.2 Å². The number of thioether (sulfide) groups is 1. The number of carbonyl (C=O) groups excluding carboxylic acids is 1. The fourth-order valence-electron chi connectivity index (χ4n) is 2.30. The minimum Gasteiger partial charge on any atom is -0.469 e. The number of carbonyl (C=O) groups is 1. The molecule has 0 atom stereocenters. The van der Waals surface area contributed by atoms with Crippen LogP contribution in [-0.2, 0) is 11.8 Å². The predicted molar refractivity (Wildman–Crippen MR) is 94.0 cm³/mol. The molecule has 126 valence electrons. The number of nitrogens with zero attached hydrogens (tertiary/aromatic N) is 4. The summed E-state index contributed by atoms with van der Waals surface area (Å²) in [5, 5.41) is 20.7. The molecule has 25 heavy (non-hydrogen) atoms. The van der Waals surface area contributed by atoms with Gasteiger partial charge in [0.15, 0.2) is 11.0 Å². The van der Waals surface area contributed by atoms with Crippen molar-refractivity contribution >= 4 is 23.4 Å². The standard InChI is InChI=1S/C17H15N5O2S/c1-11-13(7-8-24-11)16-20-21-17(22(16)2)25-10-15(23)19-14-6-4-3-5-12(14)9-18/h3-8H,10H2,1-2H3,(H,19,23). The van der Waals surface area contributed by atoms with E-state index in [1.54, 1.807) is 30.5 Å². The molecule has 8 heteroatoms. The molecule has 0 radical (unpaired) electrons. The Morgan fingerprint density at radius 2 is 2.16 bits per heavy atom. The van der Waals surface area contributed by atoms with Crippen molar-refractivity contribution in [3.05, 3.63) is 47.9 Å². The predicted octanol–water partition coefficient (Wildman–Crippen LogP) is 2.99. The average Bonchev–Trinajstić information content (AvgIpc) is 3.19. The molecule has 3 rings (SSSR count). The zero-order valence-electron chi connectivity index (χ0n) is 13.7. The molecule has 3 aromatic rings. The van der Waals surface area contributed by atoms with E-state index in [4.69, 9.17) is 9.68 Å². The molecule has 0 aliphatic carbocycles. The van der Waals surface area contributed by atoms with E-state index in [0.717, 1.165) is 11.3 Å². The maximum Gasteiger partial charge on any atom is 0.234 e. The van der Waals surface area contributed by atoms with Crippen LogP contribution in [0, 0.1) is 18.3 Å². The second kappa shape index (κ2) is 7.23. The molecule has 0 bridgehead atoms.